The van der Waals surface area contributed by atoms with Crippen LogP contribution in [0, 0.1) is 11.8 Å². The number of cyclic esters (lactones) is 1. The SMILES string of the molecule is O=C1OC[C@@H]2[C@H](c3ccc(O)c(O)c3)c3cc(O)c(O)cc3C[C@H]12. The van der Waals surface area contributed by atoms with Crippen LogP contribution in [0.3, 0.4) is 0 Å². The third-order valence-corrected chi connectivity index (χ3v) is 5.04. The van der Waals surface area contributed by atoms with E-state index in [1.165, 1.54) is 24.3 Å². The molecule has 6 nitrogen and oxygen atoms in total. The van der Waals surface area contributed by atoms with E-state index in [9.17, 15) is 25.2 Å². The van der Waals surface area contributed by atoms with Crippen molar-refractivity contribution in [3.8, 4) is 23.0 Å². The van der Waals surface area contributed by atoms with Crippen LogP contribution in [0.15, 0.2) is 30.3 Å². The van der Waals surface area contributed by atoms with Gasteiger partial charge in [-0.15, -0.1) is 0 Å². The standard InChI is InChI=1S/C18H16O6/c19-13-2-1-8(4-14(13)20)17-10-6-16(22)15(21)5-9(10)3-11-12(17)7-24-18(11)23/h1-2,4-6,11-12,17,19-22H,3,7H2/t11-,12-,17+/m0/s1. The van der Waals surface area contributed by atoms with Crippen molar-refractivity contribution in [2.75, 3.05) is 6.61 Å². The first-order valence-corrected chi connectivity index (χ1v) is 7.69. The van der Waals surface area contributed by atoms with Gasteiger partial charge in [0.2, 0.25) is 0 Å². The maximum absolute atomic E-state index is 12.0. The van der Waals surface area contributed by atoms with E-state index >= 15 is 0 Å². The number of hydrogen-bond acceptors (Lipinski definition) is 6. The van der Waals surface area contributed by atoms with Crippen molar-refractivity contribution in [3.63, 3.8) is 0 Å². The summed E-state index contributed by atoms with van der Waals surface area (Å²) in [5.41, 5.74) is 2.27. The molecule has 24 heavy (non-hydrogen) atoms. The second-order valence-corrected chi connectivity index (χ2v) is 6.37. The summed E-state index contributed by atoms with van der Waals surface area (Å²) in [5.74, 6) is -1.95. The minimum atomic E-state index is -0.331. The van der Waals surface area contributed by atoms with E-state index in [0.717, 1.165) is 11.1 Å². The zero-order valence-electron chi connectivity index (χ0n) is 12.6. The van der Waals surface area contributed by atoms with E-state index in [0.29, 0.717) is 12.0 Å². The molecule has 0 bridgehead atoms. The fraction of sp³-hybridized carbons (Fsp3) is 0.278. The summed E-state index contributed by atoms with van der Waals surface area (Å²) in [6.45, 7) is 0.261. The van der Waals surface area contributed by atoms with Crippen LogP contribution in [0.4, 0.5) is 0 Å². The Bertz CT molecular complexity index is 844. The molecule has 0 spiro atoms. The van der Waals surface area contributed by atoms with Gasteiger partial charge in [0.25, 0.3) is 0 Å². The second-order valence-electron chi connectivity index (χ2n) is 6.37. The third-order valence-electron chi connectivity index (χ3n) is 5.04. The fourth-order valence-electron chi connectivity index (χ4n) is 3.87. The van der Waals surface area contributed by atoms with Gasteiger partial charge in [-0.25, -0.2) is 0 Å². The van der Waals surface area contributed by atoms with Crippen molar-refractivity contribution in [3.05, 3.63) is 47.0 Å². The molecule has 0 saturated carbocycles. The molecule has 3 atom stereocenters. The molecule has 2 aromatic rings. The van der Waals surface area contributed by atoms with Gasteiger partial charge in [-0.1, -0.05) is 6.07 Å². The first-order chi connectivity index (χ1) is 11.5. The molecule has 1 aliphatic heterocycles. The van der Waals surface area contributed by atoms with Crippen molar-refractivity contribution in [1.29, 1.82) is 0 Å². The molecule has 1 heterocycles. The van der Waals surface area contributed by atoms with Crippen molar-refractivity contribution < 1.29 is 30.0 Å². The number of fused-ring (bicyclic) bond motifs is 2. The van der Waals surface area contributed by atoms with Gasteiger partial charge in [0, 0.05) is 11.8 Å². The maximum atomic E-state index is 12.0. The Hall–Kier alpha value is -2.89. The topological polar surface area (TPSA) is 107 Å². The number of aromatic hydroxyl groups is 4. The average molecular weight is 328 g/mol. The summed E-state index contributed by atoms with van der Waals surface area (Å²) in [7, 11) is 0. The molecule has 2 aliphatic rings. The zero-order valence-corrected chi connectivity index (χ0v) is 12.6. The number of rotatable bonds is 1. The summed E-state index contributed by atoms with van der Waals surface area (Å²) in [6, 6.07) is 7.50. The number of hydrogen-bond donors (Lipinski definition) is 4. The van der Waals surface area contributed by atoms with Crippen LogP contribution in [0.5, 0.6) is 23.0 Å². The molecule has 4 rings (SSSR count). The molecule has 1 saturated heterocycles. The minimum Gasteiger partial charge on any atom is -0.504 e. The fourth-order valence-corrected chi connectivity index (χ4v) is 3.87. The van der Waals surface area contributed by atoms with Crippen molar-refractivity contribution in [2.45, 2.75) is 12.3 Å². The van der Waals surface area contributed by atoms with Gasteiger partial charge in [-0.05, 0) is 47.4 Å². The van der Waals surface area contributed by atoms with Crippen molar-refractivity contribution in [2.24, 2.45) is 11.8 Å². The maximum Gasteiger partial charge on any atom is 0.309 e. The van der Waals surface area contributed by atoms with Crippen molar-refractivity contribution in [1.82, 2.24) is 0 Å². The highest BCUT2D eigenvalue weighted by atomic mass is 16.5. The Morgan fingerprint density at radius 3 is 2.38 bits per heavy atom. The lowest BCUT2D eigenvalue weighted by atomic mass is 9.67. The van der Waals surface area contributed by atoms with Gasteiger partial charge >= 0.3 is 5.97 Å². The van der Waals surface area contributed by atoms with Crippen LogP contribution in [0.1, 0.15) is 22.6 Å². The molecule has 0 unspecified atom stereocenters. The van der Waals surface area contributed by atoms with E-state index in [2.05, 4.69) is 0 Å². The van der Waals surface area contributed by atoms with Crippen LogP contribution in [-0.4, -0.2) is 33.0 Å². The summed E-state index contributed by atoms with van der Waals surface area (Å²) in [6.07, 6.45) is 0.438. The molecule has 124 valence electrons. The first-order valence-electron chi connectivity index (χ1n) is 7.69. The lowest BCUT2D eigenvalue weighted by Crippen LogP contribution is -2.30. The number of ether oxygens (including phenoxy) is 1. The van der Waals surface area contributed by atoms with E-state index in [4.69, 9.17) is 4.74 Å². The molecular formula is C18H16O6. The highest BCUT2D eigenvalue weighted by molar-refractivity contribution is 5.77. The highest BCUT2D eigenvalue weighted by Crippen LogP contribution is 2.49. The number of benzene rings is 2. The third kappa shape index (κ3) is 2.06. The predicted molar refractivity (Wildman–Crippen MR) is 83.0 cm³/mol. The van der Waals surface area contributed by atoms with Gasteiger partial charge in [0.15, 0.2) is 23.0 Å². The monoisotopic (exact) mass is 328 g/mol. The molecule has 0 aromatic heterocycles. The van der Waals surface area contributed by atoms with Gasteiger partial charge in [-0.2, -0.15) is 0 Å². The predicted octanol–water partition coefficient (Wildman–Crippen LogP) is 1.99. The van der Waals surface area contributed by atoms with E-state index in [1.807, 2.05) is 0 Å². The Kier molecular flexibility index (Phi) is 3.09. The smallest absolute Gasteiger partial charge is 0.309 e. The van der Waals surface area contributed by atoms with Crippen LogP contribution in [0.2, 0.25) is 0 Å². The average Bonchev–Trinajstić information content (AvgIpc) is 2.90. The lowest BCUT2D eigenvalue weighted by molar-refractivity contribution is -0.141. The normalized spacial score (nSPS) is 25.0. The van der Waals surface area contributed by atoms with E-state index in [1.54, 1.807) is 6.07 Å². The highest BCUT2D eigenvalue weighted by Gasteiger charge is 2.47. The first kappa shape index (κ1) is 14.7. The molecule has 2 aromatic carbocycles. The number of phenols is 4. The van der Waals surface area contributed by atoms with Crippen molar-refractivity contribution >= 4 is 5.97 Å². The minimum absolute atomic E-state index is 0.127. The largest absolute Gasteiger partial charge is 0.504 e. The summed E-state index contributed by atoms with van der Waals surface area (Å²) < 4.78 is 5.22. The number of carbonyl (C=O) groups excluding carboxylic acids is 1. The van der Waals surface area contributed by atoms with E-state index in [-0.39, 0.29) is 53.3 Å². The molecule has 1 fully saturated rings. The van der Waals surface area contributed by atoms with Gasteiger partial charge in [0.1, 0.15) is 0 Å². The number of carbonyl (C=O) groups is 1. The Labute approximate surface area is 137 Å². The lowest BCUT2D eigenvalue weighted by Gasteiger charge is -2.33. The quantitative estimate of drug-likeness (QED) is 0.471. The van der Waals surface area contributed by atoms with Crippen LogP contribution >= 0.6 is 0 Å². The van der Waals surface area contributed by atoms with Gasteiger partial charge in [-0.3, -0.25) is 4.79 Å². The molecule has 1 aliphatic carbocycles. The van der Waals surface area contributed by atoms with Crippen LogP contribution < -0.4 is 0 Å². The van der Waals surface area contributed by atoms with Gasteiger partial charge in [0.05, 0.1) is 12.5 Å². The summed E-state index contributed by atoms with van der Waals surface area (Å²) in [5, 5.41) is 39.1. The molecule has 0 amide bonds. The Morgan fingerprint density at radius 2 is 1.62 bits per heavy atom. The summed E-state index contributed by atoms with van der Waals surface area (Å²) in [4.78, 5) is 12.0. The Balaban J connectivity index is 1.91. The molecule has 6 heteroatoms. The number of esters is 1. The molecular weight excluding hydrogens is 312 g/mol. The molecule has 0 radical (unpaired) electrons. The van der Waals surface area contributed by atoms with Crippen LogP contribution in [-0.2, 0) is 16.0 Å². The number of phenolic OH excluding ortho intramolecular Hbond substituents is 4. The summed E-state index contributed by atoms with van der Waals surface area (Å²) >= 11 is 0. The zero-order chi connectivity index (χ0) is 17.0. The van der Waals surface area contributed by atoms with E-state index < -0.39 is 0 Å². The Morgan fingerprint density at radius 1 is 0.917 bits per heavy atom. The van der Waals surface area contributed by atoms with Crippen LogP contribution in [0.25, 0.3) is 0 Å². The second kappa shape index (κ2) is 5.06. The molecule has 4 N–H and O–H groups in total. The van der Waals surface area contributed by atoms with Gasteiger partial charge < -0.3 is 25.2 Å².